The van der Waals surface area contributed by atoms with Gasteiger partial charge < -0.3 is 5.73 Å². The van der Waals surface area contributed by atoms with Crippen molar-refractivity contribution in [1.82, 2.24) is 14.8 Å². The lowest BCUT2D eigenvalue weighted by molar-refractivity contribution is 0.600. The van der Waals surface area contributed by atoms with Gasteiger partial charge in [0.15, 0.2) is 9.84 Å². The monoisotopic (exact) mass is 266 g/mol. The number of nitrogen functional groups attached to an aromatic ring is 1. The van der Waals surface area contributed by atoms with Crippen LogP contribution < -0.4 is 5.73 Å². The zero-order valence-electron chi connectivity index (χ0n) is 10.2. The minimum absolute atomic E-state index is 0.129. The summed E-state index contributed by atoms with van der Waals surface area (Å²) in [6, 6.07) is 3.55. The van der Waals surface area contributed by atoms with Crippen LogP contribution in [0, 0.1) is 0 Å². The fourth-order valence-electron chi connectivity index (χ4n) is 1.78. The first-order valence-electron chi connectivity index (χ1n) is 5.28. The van der Waals surface area contributed by atoms with Crippen LogP contribution in [0.5, 0.6) is 0 Å². The third kappa shape index (κ3) is 2.51. The summed E-state index contributed by atoms with van der Waals surface area (Å²) in [4.78, 5) is 3.93. The lowest BCUT2D eigenvalue weighted by Gasteiger charge is -2.02. The van der Waals surface area contributed by atoms with Crippen molar-refractivity contribution < 1.29 is 8.42 Å². The maximum atomic E-state index is 11.4. The Balaban J connectivity index is 2.59. The summed E-state index contributed by atoms with van der Waals surface area (Å²) in [7, 11) is -1.47. The number of sulfone groups is 1. The molecule has 0 fully saturated rings. The van der Waals surface area contributed by atoms with Crippen LogP contribution in [-0.4, -0.2) is 29.4 Å². The van der Waals surface area contributed by atoms with Gasteiger partial charge in [0.1, 0.15) is 5.82 Å². The fraction of sp³-hybridized carbons (Fsp3) is 0.273. The van der Waals surface area contributed by atoms with E-state index in [9.17, 15) is 8.42 Å². The molecule has 0 aliphatic heterocycles. The van der Waals surface area contributed by atoms with Crippen LogP contribution in [0.3, 0.4) is 0 Å². The molecule has 0 bridgehead atoms. The van der Waals surface area contributed by atoms with Crippen LogP contribution in [0.4, 0.5) is 5.82 Å². The quantitative estimate of drug-likeness (QED) is 0.878. The van der Waals surface area contributed by atoms with Crippen molar-refractivity contribution in [3.05, 3.63) is 30.2 Å². The predicted molar refractivity (Wildman–Crippen MR) is 69.4 cm³/mol. The number of anilines is 1. The molecule has 0 saturated heterocycles. The summed E-state index contributed by atoms with van der Waals surface area (Å²) in [5.41, 5.74) is 7.87. The first-order chi connectivity index (χ1) is 8.38. The van der Waals surface area contributed by atoms with E-state index < -0.39 is 9.84 Å². The molecule has 0 aliphatic carbocycles. The van der Waals surface area contributed by atoms with Crippen molar-refractivity contribution in [3.8, 4) is 11.1 Å². The summed E-state index contributed by atoms with van der Waals surface area (Å²) >= 11 is 0. The summed E-state index contributed by atoms with van der Waals surface area (Å²) in [6.07, 6.45) is 4.44. The lowest BCUT2D eigenvalue weighted by Crippen LogP contribution is -2.03. The topological polar surface area (TPSA) is 90.9 Å². The van der Waals surface area contributed by atoms with Crippen LogP contribution >= 0.6 is 0 Å². The lowest BCUT2D eigenvalue weighted by atomic mass is 10.1. The number of hydrogen-bond acceptors (Lipinski definition) is 5. The van der Waals surface area contributed by atoms with Gasteiger partial charge in [0.25, 0.3) is 0 Å². The van der Waals surface area contributed by atoms with Gasteiger partial charge in [-0.05, 0) is 17.7 Å². The van der Waals surface area contributed by atoms with Gasteiger partial charge in [-0.3, -0.25) is 9.67 Å². The number of pyridine rings is 1. The highest BCUT2D eigenvalue weighted by molar-refractivity contribution is 7.89. The van der Waals surface area contributed by atoms with E-state index in [0.717, 1.165) is 5.56 Å². The average Bonchev–Trinajstić information content (AvgIpc) is 2.53. The molecule has 2 aromatic rings. The van der Waals surface area contributed by atoms with Crippen molar-refractivity contribution in [2.45, 2.75) is 5.75 Å². The van der Waals surface area contributed by atoms with Gasteiger partial charge in [-0.15, -0.1) is 0 Å². The van der Waals surface area contributed by atoms with Gasteiger partial charge in [-0.2, -0.15) is 5.10 Å². The molecule has 6 nitrogen and oxygen atoms in total. The van der Waals surface area contributed by atoms with Crippen molar-refractivity contribution in [2.75, 3.05) is 12.0 Å². The van der Waals surface area contributed by atoms with Crippen molar-refractivity contribution >= 4 is 15.7 Å². The van der Waals surface area contributed by atoms with E-state index in [2.05, 4.69) is 10.1 Å². The molecule has 7 heteroatoms. The van der Waals surface area contributed by atoms with Crippen molar-refractivity contribution in [3.63, 3.8) is 0 Å². The number of aromatic nitrogens is 3. The fourth-order valence-corrected chi connectivity index (χ4v) is 2.48. The van der Waals surface area contributed by atoms with Crippen LogP contribution in [0.1, 0.15) is 5.69 Å². The Bertz CT molecular complexity index is 662. The molecule has 0 aromatic carbocycles. The van der Waals surface area contributed by atoms with E-state index in [1.807, 2.05) is 0 Å². The summed E-state index contributed by atoms with van der Waals surface area (Å²) < 4.78 is 24.3. The minimum Gasteiger partial charge on any atom is -0.383 e. The van der Waals surface area contributed by atoms with E-state index in [-0.39, 0.29) is 5.75 Å². The van der Waals surface area contributed by atoms with Crippen molar-refractivity contribution in [2.24, 2.45) is 7.05 Å². The first kappa shape index (κ1) is 12.6. The Hall–Kier alpha value is -1.89. The molecule has 2 N–H and O–H groups in total. The molecule has 96 valence electrons. The summed E-state index contributed by atoms with van der Waals surface area (Å²) in [5, 5.41) is 4.16. The molecule has 2 rings (SSSR count). The molecule has 0 atom stereocenters. The third-order valence-corrected chi connectivity index (χ3v) is 3.33. The van der Waals surface area contributed by atoms with E-state index in [1.165, 1.54) is 10.9 Å². The number of hydrogen-bond donors (Lipinski definition) is 1. The number of nitrogens with zero attached hydrogens (tertiary/aromatic N) is 3. The highest BCUT2D eigenvalue weighted by Crippen LogP contribution is 2.29. The molecule has 2 heterocycles. The highest BCUT2D eigenvalue weighted by atomic mass is 32.2. The molecule has 0 radical (unpaired) electrons. The molecular weight excluding hydrogens is 252 g/mol. The molecule has 0 saturated carbocycles. The van der Waals surface area contributed by atoms with Gasteiger partial charge in [-0.25, -0.2) is 8.42 Å². The molecule has 0 unspecified atom stereocenters. The van der Waals surface area contributed by atoms with Crippen LogP contribution in [0.25, 0.3) is 11.1 Å². The normalized spacial score (nSPS) is 11.7. The maximum absolute atomic E-state index is 11.4. The van der Waals surface area contributed by atoms with Gasteiger partial charge in [-0.1, -0.05) is 0 Å². The zero-order valence-corrected chi connectivity index (χ0v) is 11.0. The Labute approximate surface area is 105 Å². The summed E-state index contributed by atoms with van der Waals surface area (Å²) in [6.45, 7) is 0. The predicted octanol–water partition coefficient (Wildman–Crippen LogP) is 0.609. The largest absolute Gasteiger partial charge is 0.383 e. The van der Waals surface area contributed by atoms with Crippen LogP contribution in [0.15, 0.2) is 24.5 Å². The minimum atomic E-state index is -3.16. The van der Waals surface area contributed by atoms with Gasteiger partial charge >= 0.3 is 0 Å². The Morgan fingerprint density at radius 2 is 1.94 bits per heavy atom. The molecule has 2 aromatic heterocycles. The van der Waals surface area contributed by atoms with E-state index in [0.29, 0.717) is 17.1 Å². The average molecular weight is 266 g/mol. The van der Waals surface area contributed by atoms with E-state index >= 15 is 0 Å². The molecule has 0 aliphatic rings. The Kier molecular flexibility index (Phi) is 3.08. The molecule has 0 amide bonds. The number of aryl methyl sites for hydroxylation is 1. The van der Waals surface area contributed by atoms with Crippen LogP contribution in [0.2, 0.25) is 0 Å². The number of rotatable bonds is 3. The second-order valence-electron chi connectivity index (χ2n) is 4.14. The van der Waals surface area contributed by atoms with Crippen LogP contribution in [-0.2, 0) is 22.6 Å². The molecular formula is C11H14N4O2S. The van der Waals surface area contributed by atoms with Crippen molar-refractivity contribution in [1.29, 1.82) is 0 Å². The molecule has 0 spiro atoms. The smallest absolute Gasteiger partial charge is 0.153 e. The first-order valence-corrected chi connectivity index (χ1v) is 7.34. The second kappa shape index (κ2) is 4.41. The zero-order chi connectivity index (χ0) is 13.3. The third-order valence-electron chi connectivity index (χ3n) is 2.53. The van der Waals surface area contributed by atoms with E-state index in [1.54, 1.807) is 31.6 Å². The highest BCUT2D eigenvalue weighted by Gasteiger charge is 2.18. The second-order valence-corrected chi connectivity index (χ2v) is 6.28. The SMILES string of the molecule is Cn1nc(CS(C)(=O)=O)c(-c2ccncc2)c1N. The van der Waals surface area contributed by atoms with Gasteiger partial charge in [0, 0.05) is 31.3 Å². The number of nitrogens with two attached hydrogens (primary N) is 1. The van der Waals surface area contributed by atoms with E-state index in [4.69, 9.17) is 5.73 Å². The Morgan fingerprint density at radius 1 is 1.33 bits per heavy atom. The maximum Gasteiger partial charge on any atom is 0.153 e. The molecule has 18 heavy (non-hydrogen) atoms. The van der Waals surface area contributed by atoms with Gasteiger partial charge in [0.05, 0.1) is 11.4 Å². The Morgan fingerprint density at radius 3 is 2.50 bits per heavy atom. The van der Waals surface area contributed by atoms with Gasteiger partial charge in [0.2, 0.25) is 0 Å². The standard InChI is InChI=1S/C11H14N4O2S/c1-15-11(12)10(8-3-5-13-6-4-8)9(14-15)7-18(2,16)17/h3-6H,7,12H2,1-2H3. The summed E-state index contributed by atoms with van der Waals surface area (Å²) in [5.74, 6) is 0.315.